The summed E-state index contributed by atoms with van der Waals surface area (Å²) in [6.45, 7) is 10.0. The molecule has 1 aromatic heterocycles. The fourth-order valence-electron chi connectivity index (χ4n) is 3.37. The molecule has 28 heavy (non-hydrogen) atoms. The molecule has 0 radical (unpaired) electrons. The van der Waals surface area contributed by atoms with Gasteiger partial charge >= 0.3 is 0 Å². The molecule has 148 valence electrons. The first kappa shape index (κ1) is 20.1. The molecule has 1 fully saturated rings. The lowest BCUT2D eigenvalue weighted by Gasteiger charge is -2.22. The van der Waals surface area contributed by atoms with Gasteiger partial charge in [-0.25, -0.2) is 4.99 Å². The Morgan fingerprint density at radius 3 is 2.89 bits per heavy atom. The zero-order valence-electron chi connectivity index (χ0n) is 17.3. The second-order valence-electron chi connectivity index (χ2n) is 7.62. The molecule has 6 heteroatoms. The number of rotatable bonds is 8. The first-order valence-corrected chi connectivity index (χ1v) is 10.1. The van der Waals surface area contributed by atoms with Gasteiger partial charge in [0.25, 0.3) is 0 Å². The highest BCUT2D eigenvalue weighted by atomic mass is 15.3. The lowest BCUT2D eigenvalue weighted by atomic mass is 9.98. The van der Waals surface area contributed by atoms with Crippen LogP contribution in [-0.2, 0) is 0 Å². The molecule has 2 heterocycles. The van der Waals surface area contributed by atoms with Gasteiger partial charge in [0.2, 0.25) is 0 Å². The number of nitriles is 1. The third-order valence-electron chi connectivity index (χ3n) is 5.69. The van der Waals surface area contributed by atoms with Crippen LogP contribution in [0.3, 0.4) is 0 Å². The summed E-state index contributed by atoms with van der Waals surface area (Å²) in [5.74, 6) is 0.859. The molecule has 0 aromatic carbocycles. The molecule has 0 spiro atoms. The lowest BCUT2D eigenvalue weighted by Crippen LogP contribution is -2.31. The van der Waals surface area contributed by atoms with Gasteiger partial charge in [-0.05, 0) is 51.3 Å². The van der Waals surface area contributed by atoms with E-state index in [2.05, 4.69) is 66.8 Å². The van der Waals surface area contributed by atoms with Gasteiger partial charge in [0.15, 0.2) is 0 Å². The van der Waals surface area contributed by atoms with Crippen molar-refractivity contribution in [3.63, 3.8) is 0 Å². The fraction of sp³-hybridized carbons (Fsp3) is 0.500. The van der Waals surface area contributed by atoms with Gasteiger partial charge < -0.3 is 10.6 Å². The summed E-state index contributed by atoms with van der Waals surface area (Å²) in [4.78, 5) is 4.61. The van der Waals surface area contributed by atoms with Crippen molar-refractivity contribution < 1.29 is 0 Å². The molecule has 1 aliphatic heterocycles. The van der Waals surface area contributed by atoms with Crippen molar-refractivity contribution in [2.24, 2.45) is 10.4 Å². The van der Waals surface area contributed by atoms with Crippen molar-refractivity contribution in [2.75, 3.05) is 13.1 Å². The standard InChI is InChI=1S/C22H30N6/c1-5-16(3)11-26-21-19(7-10-25-21)17(4)18-12-27-28(14-18)20(13-24-6-2)22(15-23)8-9-22/h7,10-12,14,20,24H,5-6,8-9,13H2,1-4H3,(H,25,26)/b16-11+,19-17+. The van der Waals surface area contributed by atoms with E-state index in [1.165, 1.54) is 5.57 Å². The predicted octanol–water partition coefficient (Wildman–Crippen LogP) is 3.94. The maximum absolute atomic E-state index is 9.67. The van der Waals surface area contributed by atoms with E-state index >= 15 is 0 Å². The quantitative estimate of drug-likeness (QED) is 0.718. The number of hydrogen-bond donors (Lipinski definition) is 2. The first-order chi connectivity index (χ1) is 13.5. The van der Waals surface area contributed by atoms with E-state index < -0.39 is 0 Å². The molecule has 6 nitrogen and oxygen atoms in total. The minimum Gasteiger partial charge on any atom is -0.346 e. The number of likely N-dealkylation sites (N-methyl/N-ethyl adjacent to an activating group) is 1. The molecule has 0 amide bonds. The maximum Gasteiger partial charge on any atom is 0.137 e. The normalized spacial score (nSPS) is 22.1. The number of amidine groups is 1. The Kier molecular flexibility index (Phi) is 6.15. The van der Waals surface area contributed by atoms with Gasteiger partial charge in [0, 0.05) is 36.3 Å². The van der Waals surface area contributed by atoms with E-state index in [-0.39, 0.29) is 11.5 Å². The van der Waals surface area contributed by atoms with Crippen molar-refractivity contribution in [3.05, 3.63) is 47.6 Å². The molecule has 0 bridgehead atoms. The van der Waals surface area contributed by atoms with Crippen LogP contribution in [0.2, 0.25) is 0 Å². The Labute approximate surface area is 167 Å². The largest absolute Gasteiger partial charge is 0.346 e. The van der Waals surface area contributed by atoms with E-state index in [4.69, 9.17) is 0 Å². The summed E-state index contributed by atoms with van der Waals surface area (Å²) in [5.41, 5.74) is 4.21. The van der Waals surface area contributed by atoms with Crippen molar-refractivity contribution in [3.8, 4) is 6.07 Å². The van der Waals surface area contributed by atoms with Crippen LogP contribution in [0.4, 0.5) is 0 Å². The predicted molar refractivity (Wildman–Crippen MR) is 113 cm³/mol. The molecular formula is C22H30N6. The molecule has 2 N–H and O–H groups in total. The van der Waals surface area contributed by atoms with Crippen LogP contribution in [0.5, 0.6) is 0 Å². The molecule has 1 aromatic rings. The smallest absolute Gasteiger partial charge is 0.137 e. The molecule has 2 aliphatic rings. The molecule has 3 rings (SSSR count). The summed E-state index contributed by atoms with van der Waals surface area (Å²) >= 11 is 0. The van der Waals surface area contributed by atoms with Gasteiger partial charge in [-0.15, -0.1) is 0 Å². The third kappa shape index (κ3) is 4.10. The van der Waals surface area contributed by atoms with Crippen molar-refractivity contribution >= 4 is 11.4 Å². The summed E-state index contributed by atoms with van der Waals surface area (Å²) in [6, 6.07) is 2.59. The summed E-state index contributed by atoms with van der Waals surface area (Å²) in [5, 5.41) is 20.9. The average molecular weight is 379 g/mol. The monoisotopic (exact) mass is 378 g/mol. The second-order valence-corrected chi connectivity index (χ2v) is 7.62. The topological polar surface area (TPSA) is 78.0 Å². The fourth-order valence-corrected chi connectivity index (χ4v) is 3.37. The Morgan fingerprint density at radius 1 is 1.46 bits per heavy atom. The highest BCUT2D eigenvalue weighted by molar-refractivity contribution is 6.09. The van der Waals surface area contributed by atoms with Crippen LogP contribution < -0.4 is 10.6 Å². The van der Waals surface area contributed by atoms with Gasteiger partial charge in [-0.1, -0.05) is 19.4 Å². The van der Waals surface area contributed by atoms with Crippen LogP contribution >= 0.6 is 0 Å². The SMILES string of the molecule is CCNCC(n1cc(\C(C)=C2/C=CN/C2=N/C=C(\C)CC)cn1)C1(C#N)CC1. The highest BCUT2D eigenvalue weighted by Crippen LogP contribution is 2.53. The van der Waals surface area contributed by atoms with E-state index in [0.717, 1.165) is 54.9 Å². The van der Waals surface area contributed by atoms with Crippen molar-refractivity contribution in [2.45, 2.75) is 53.0 Å². The van der Waals surface area contributed by atoms with E-state index in [1.807, 2.05) is 23.3 Å². The van der Waals surface area contributed by atoms with Crippen LogP contribution in [0, 0.1) is 16.7 Å². The molecule has 1 aliphatic carbocycles. The lowest BCUT2D eigenvalue weighted by molar-refractivity contribution is 0.330. The van der Waals surface area contributed by atoms with Crippen molar-refractivity contribution in [1.29, 1.82) is 5.26 Å². The maximum atomic E-state index is 9.67. The number of allylic oxidation sites excluding steroid dienone is 2. The molecule has 1 saturated carbocycles. The minimum atomic E-state index is -0.281. The van der Waals surface area contributed by atoms with E-state index in [0.29, 0.717) is 0 Å². The zero-order valence-corrected chi connectivity index (χ0v) is 17.3. The molecule has 1 atom stereocenters. The Bertz CT molecular complexity index is 873. The zero-order chi connectivity index (χ0) is 20.1. The number of nitrogens with one attached hydrogen (secondary N) is 2. The van der Waals surface area contributed by atoms with Gasteiger partial charge in [0.1, 0.15) is 5.84 Å². The van der Waals surface area contributed by atoms with Crippen molar-refractivity contribution in [1.82, 2.24) is 20.4 Å². The summed E-state index contributed by atoms with van der Waals surface area (Å²) in [6.07, 6.45) is 12.7. The van der Waals surface area contributed by atoms with Crippen LogP contribution in [0.1, 0.15) is 58.6 Å². The van der Waals surface area contributed by atoms with Gasteiger partial charge in [0.05, 0.1) is 23.7 Å². The average Bonchev–Trinajstić information content (AvgIpc) is 3.13. The third-order valence-corrected chi connectivity index (χ3v) is 5.69. The highest BCUT2D eigenvalue weighted by Gasteiger charge is 2.51. The second kappa shape index (κ2) is 8.57. The number of hydrogen-bond acceptors (Lipinski definition) is 4. The Hall–Kier alpha value is -2.65. The summed E-state index contributed by atoms with van der Waals surface area (Å²) in [7, 11) is 0. The number of aliphatic imine (C=N–C) groups is 1. The Morgan fingerprint density at radius 2 is 2.25 bits per heavy atom. The summed E-state index contributed by atoms with van der Waals surface area (Å²) < 4.78 is 1.97. The van der Waals surface area contributed by atoms with E-state index in [9.17, 15) is 5.26 Å². The number of nitrogens with zero attached hydrogens (tertiary/aromatic N) is 4. The minimum absolute atomic E-state index is 0.0597. The first-order valence-electron chi connectivity index (χ1n) is 10.1. The van der Waals surface area contributed by atoms with Crippen LogP contribution in [0.25, 0.3) is 5.57 Å². The van der Waals surface area contributed by atoms with Gasteiger partial charge in [-0.3, -0.25) is 4.68 Å². The van der Waals surface area contributed by atoms with Crippen LogP contribution in [0.15, 0.2) is 47.0 Å². The molecular weight excluding hydrogens is 348 g/mol. The molecule has 1 unspecified atom stereocenters. The van der Waals surface area contributed by atoms with Gasteiger partial charge in [-0.2, -0.15) is 10.4 Å². The van der Waals surface area contributed by atoms with Crippen LogP contribution in [-0.4, -0.2) is 28.7 Å². The Balaban J connectivity index is 1.89. The van der Waals surface area contributed by atoms with E-state index in [1.54, 1.807) is 0 Å². The molecule has 0 saturated heterocycles. The number of aromatic nitrogens is 2.